The molecule has 2 rings (SSSR count). The summed E-state index contributed by atoms with van der Waals surface area (Å²) in [6, 6.07) is 12.0. The summed E-state index contributed by atoms with van der Waals surface area (Å²) in [5.74, 6) is -0.282. The first-order chi connectivity index (χ1) is 15.9. The number of carbonyl (C=O) groups is 1. The standard InChI is InChI=1S/C28H41NO3S/c1-3-4-5-6-7-8-9-10-11-12-13-14-17-26(27-18-15-16-23-29-27)28(30)24-19-21-25(22-20-24)33(2,31)32/h15-16,18-23,26H,3-14,17H2,1-2H3. The maximum Gasteiger partial charge on any atom is 0.175 e. The first-order valence-corrected chi connectivity index (χ1v) is 14.6. The summed E-state index contributed by atoms with van der Waals surface area (Å²) >= 11 is 0. The second-order valence-corrected chi connectivity index (χ2v) is 11.2. The van der Waals surface area contributed by atoms with Crippen LogP contribution in [0, 0.1) is 0 Å². The van der Waals surface area contributed by atoms with Crippen LogP contribution in [0.25, 0.3) is 0 Å². The van der Waals surface area contributed by atoms with Gasteiger partial charge in [0.05, 0.1) is 16.5 Å². The molecule has 0 saturated carbocycles. The number of sulfone groups is 1. The van der Waals surface area contributed by atoms with E-state index in [0.29, 0.717) is 5.56 Å². The zero-order valence-corrected chi connectivity index (χ0v) is 21.3. The number of aromatic nitrogens is 1. The topological polar surface area (TPSA) is 64.1 Å². The lowest BCUT2D eigenvalue weighted by atomic mass is 9.89. The van der Waals surface area contributed by atoms with E-state index in [1.807, 2.05) is 18.2 Å². The van der Waals surface area contributed by atoms with Crippen molar-refractivity contribution in [3.8, 4) is 0 Å². The van der Waals surface area contributed by atoms with Crippen molar-refractivity contribution in [2.45, 2.75) is 101 Å². The Bertz CT molecular complexity index is 908. The molecule has 1 atom stereocenters. The minimum Gasteiger partial charge on any atom is -0.293 e. The molecule has 1 aromatic carbocycles. The van der Waals surface area contributed by atoms with E-state index in [1.54, 1.807) is 18.3 Å². The Balaban J connectivity index is 1.80. The molecule has 5 heteroatoms. The lowest BCUT2D eigenvalue weighted by molar-refractivity contribution is 0.0952. The van der Waals surface area contributed by atoms with E-state index in [1.165, 1.54) is 82.6 Å². The molecule has 33 heavy (non-hydrogen) atoms. The zero-order chi connectivity index (χ0) is 23.9. The number of hydrogen-bond acceptors (Lipinski definition) is 4. The maximum atomic E-state index is 13.2. The maximum absolute atomic E-state index is 13.2. The fourth-order valence-electron chi connectivity index (χ4n) is 4.25. The van der Waals surface area contributed by atoms with Gasteiger partial charge in [0.2, 0.25) is 0 Å². The highest BCUT2D eigenvalue weighted by Gasteiger charge is 2.23. The minimum absolute atomic E-state index is 0.0109. The molecule has 1 unspecified atom stereocenters. The number of ketones is 1. The first kappa shape index (κ1) is 27.2. The number of benzene rings is 1. The van der Waals surface area contributed by atoms with Crippen molar-refractivity contribution in [2.24, 2.45) is 0 Å². The van der Waals surface area contributed by atoms with E-state index in [4.69, 9.17) is 0 Å². The predicted octanol–water partition coefficient (Wildman–Crippen LogP) is 7.54. The Morgan fingerprint density at radius 1 is 0.788 bits per heavy atom. The third-order valence-electron chi connectivity index (χ3n) is 6.27. The summed E-state index contributed by atoms with van der Waals surface area (Å²) in [5.41, 5.74) is 1.33. The summed E-state index contributed by atoms with van der Waals surface area (Å²) in [6.45, 7) is 2.26. The molecular formula is C28H41NO3S. The van der Waals surface area contributed by atoms with Crippen molar-refractivity contribution < 1.29 is 13.2 Å². The van der Waals surface area contributed by atoms with Gasteiger partial charge in [-0.3, -0.25) is 9.78 Å². The lowest BCUT2D eigenvalue weighted by Gasteiger charge is -2.16. The van der Waals surface area contributed by atoms with Gasteiger partial charge >= 0.3 is 0 Å². The summed E-state index contributed by atoms with van der Waals surface area (Å²) in [5, 5.41) is 0. The van der Waals surface area contributed by atoms with Gasteiger partial charge in [0.1, 0.15) is 0 Å². The molecule has 1 aromatic heterocycles. The molecule has 0 aliphatic carbocycles. The summed E-state index contributed by atoms with van der Waals surface area (Å²) < 4.78 is 23.4. The van der Waals surface area contributed by atoms with Gasteiger partial charge in [-0.1, -0.05) is 102 Å². The normalized spacial score (nSPS) is 12.5. The monoisotopic (exact) mass is 471 g/mol. The highest BCUT2D eigenvalue weighted by Crippen LogP contribution is 2.26. The van der Waals surface area contributed by atoms with Crippen LogP contribution in [0.1, 0.15) is 112 Å². The van der Waals surface area contributed by atoms with Gasteiger partial charge in [-0.05, 0) is 30.7 Å². The lowest BCUT2D eigenvalue weighted by Crippen LogP contribution is -2.15. The van der Waals surface area contributed by atoms with Crippen LogP contribution in [0.15, 0.2) is 53.6 Å². The predicted molar refractivity (Wildman–Crippen MR) is 137 cm³/mol. The van der Waals surface area contributed by atoms with E-state index < -0.39 is 9.84 Å². The number of rotatable bonds is 17. The number of hydrogen-bond donors (Lipinski definition) is 0. The van der Waals surface area contributed by atoms with Crippen LogP contribution < -0.4 is 0 Å². The molecule has 0 amide bonds. The quantitative estimate of drug-likeness (QED) is 0.176. The van der Waals surface area contributed by atoms with E-state index in [-0.39, 0.29) is 16.6 Å². The second-order valence-electron chi connectivity index (χ2n) is 9.15. The molecule has 2 aromatic rings. The van der Waals surface area contributed by atoms with Gasteiger partial charge < -0.3 is 0 Å². The SMILES string of the molecule is CCCCCCCCCCCCCCC(C(=O)c1ccc(S(C)(=O)=O)cc1)c1ccccn1. The number of carbonyl (C=O) groups excluding carboxylic acids is 1. The molecule has 0 saturated heterocycles. The molecule has 0 radical (unpaired) electrons. The van der Waals surface area contributed by atoms with Crippen molar-refractivity contribution in [3.63, 3.8) is 0 Å². The smallest absolute Gasteiger partial charge is 0.175 e. The van der Waals surface area contributed by atoms with Gasteiger partial charge in [0.25, 0.3) is 0 Å². The highest BCUT2D eigenvalue weighted by atomic mass is 32.2. The van der Waals surface area contributed by atoms with Crippen LogP contribution in [0.5, 0.6) is 0 Å². The van der Waals surface area contributed by atoms with Crippen molar-refractivity contribution in [3.05, 3.63) is 59.9 Å². The van der Waals surface area contributed by atoms with Crippen LogP contribution >= 0.6 is 0 Å². The Hall–Kier alpha value is -2.01. The van der Waals surface area contributed by atoms with E-state index in [0.717, 1.165) is 25.0 Å². The largest absolute Gasteiger partial charge is 0.293 e. The Kier molecular flexibility index (Phi) is 12.4. The second kappa shape index (κ2) is 15.0. The number of Topliss-reactive ketones (excluding diaryl/α,β-unsaturated/α-hetero) is 1. The zero-order valence-electron chi connectivity index (χ0n) is 20.5. The van der Waals surface area contributed by atoms with E-state index in [9.17, 15) is 13.2 Å². The van der Waals surface area contributed by atoms with Crippen molar-refractivity contribution in [2.75, 3.05) is 6.26 Å². The molecule has 0 fully saturated rings. The number of nitrogens with zero attached hydrogens (tertiary/aromatic N) is 1. The Labute approximate surface area is 201 Å². The molecule has 4 nitrogen and oxygen atoms in total. The van der Waals surface area contributed by atoms with Crippen LogP contribution in [0.3, 0.4) is 0 Å². The van der Waals surface area contributed by atoms with Crippen molar-refractivity contribution in [1.29, 1.82) is 0 Å². The van der Waals surface area contributed by atoms with Crippen molar-refractivity contribution in [1.82, 2.24) is 4.98 Å². The van der Waals surface area contributed by atoms with Gasteiger partial charge in [0.15, 0.2) is 15.6 Å². The Morgan fingerprint density at radius 2 is 1.33 bits per heavy atom. The number of unbranched alkanes of at least 4 members (excludes halogenated alkanes) is 11. The van der Waals surface area contributed by atoms with Crippen LogP contribution in [-0.2, 0) is 9.84 Å². The van der Waals surface area contributed by atoms with E-state index in [2.05, 4.69) is 11.9 Å². The highest BCUT2D eigenvalue weighted by molar-refractivity contribution is 7.90. The molecule has 1 heterocycles. The number of pyridine rings is 1. The molecule has 0 N–H and O–H groups in total. The molecule has 0 bridgehead atoms. The third-order valence-corrected chi connectivity index (χ3v) is 7.40. The van der Waals surface area contributed by atoms with Gasteiger partial charge in [-0.2, -0.15) is 0 Å². The van der Waals surface area contributed by atoms with Crippen molar-refractivity contribution >= 4 is 15.6 Å². The van der Waals surface area contributed by atoms with Gasteiger partial charge in [-0.15, -0.1) is 0 Å². The van der Waals surface area contributed by atoms with Crippen LogP contribution in [0.4, 0.5) is 0 Å². The molecule has 0 aliphatic heterocycles. The first-order valence-electron chi connectivity index (χ1n) is 12.7. The molecule has 0 spiro atoms. The Morgan fingerprint density at radius 3 is 1.82 bits per heavy atom. The molecular weight excluding hydrogens is 430 g/mol. The average Bonchev–Trinajstić information content (AvgIpc) is 2.82. The van der Waals surface area contributed by atoms with Crippen LogP contribution in [0.2, 0.25) is 0 Å². The van der Waals surface area contributed by atoms with Crippen LogP contribution in [-0.4, -0.2) is 25.4 Å². The summed E-state index contributed by atoms with van der Waals surface area (Å²) in [7, 11) is -3.28. The molecule has 182 valence electrons. The third kappa shape index (κ3) is 10.2. The van der Waals surface area contributed by atoms with Gasteiger partial charge in [-0.25, -0.2) is 8.42 Å². The molecule has 0 aliphatic rings. The summed E-state index contributed by atoms with van der Waals surface area (Å²) in [6.07, 6.45) is 19.1. The average molecular weight is 472 g/mol. The van der Waals surface area contributed by atoms with E-state index >= 15 is 0 Å². The van der Waals surface area contributed by atoms with Gasteiger partial charge in [0, 0.05) is 18.0 Å². The fourth-order valence-corrected chi connectivity index (χ4v) is 4.88. The fraction of sp³-hybridized carbons (Fsp3) is 0.571. The summed E-state index contributed by atoms with van der Waals surface area (Å²) in [4.78, 5) is 17.9. The minimum atomic E-state index is -3.28.